The molecule has 0 aliphatic rings. The zero-order chi connectivity index (χ0) is 22.5. The molecule has 32 heavy (non-hydrogen) atoms. The average molecular weight is 428 g/mol. The Kier molecular flexibility index (Phi) is 6.07. The fraction of sp³-hybridized carbons (Fsp3) is 0.174. The van der Waals surface area contributed by atoms with Gasteiger partial charge < -0.3 is 10.2 Å². The van der Waals surface area contributed by atoms with Crippen molar-refractivity contribution in [2.45, 2.75) is 13.8 Å². The first-order chi connectivity index (χ1) is 15.5. The van der Waals surface area contributed by atoms with E-state index in [0.29, 0.717) is 17.8 Å². The predicted octanol–water partition coefficient (Wildman–Crippen LogP) is 3.93. The van der Waals surface area contributed by atoms with Crippen LogP contribution < -0.4 is 15.6 Å². The lowest BCUT2D eigenvalue weighted by atomic mass is 10.2. The van der Waals surface area contributed by atoms with Gasteiger partial charge in [0.25, 0.3) is 5.95 Å². The van der Waals surface area contributed by atoms with Crippen LogP contribution in [-0.2, 0) is 0 Å². The Morgan fingerprint density at radius 3 is 2.28 bits per heavy atom. The van der Waals surface area contributed by atoms with Crippen LogP contribution in [0.1, 0.15) is 17.0 Å². The van der Waals surface area contributed by atoms with E-state index in [2.05, 4.69) is 35.9 Å². The van der Waals surface area contributed by atoms with Crippen LogP contribution in [0, 0.1) is 13.8 Å². The van der Waals surface area contributed by atoms with E-state index in [9.17, 15) is 0 Å². The summed E-state index contributed by atoms with van der Waals surface area (Å²) in [7, 11) is 4.01. The van der Waals surface area contributed by atoms with Gasteiger partial charge in [0.05, 0.1) is 11.9 Å². The fourth-order valence-electron chi connectivity index (χ4n) is 3.07. The van der Waals surface area contributed by atoms with Crippen LogP contribution in [-0.4, -0.2) is 45.0 Å². The van der Waals surface area contributed by atoms with Gasteiger partial charge in [0.1, 0.15) is 0 Å². The summed E-state index contributed by atoms with van der Waals surface area (Å²) >= 11 is 0. The number of aromatic nitrogens is 5. The molecule has 0 fully saturated rings. The second-order valence-electron chi connectivity index (χ2n) is 7.47. The molecule has 4 rings (SSSR count). The number of hydrogen-bond donors (Lipinski definition) is 2. The zero-order valence-electron chi connectivity index (χ0n) is 18.5. The fourth-order valence-corrected chi connectivity index (χ4v) is 3.07. The minimum atomic E-state index is 0.308. The third-order valence-corrected chi connectivity index (χ3v) is 4.64. The van der Waals surface area contributed by atoms with Crippen LogP contribution in [0.5, 0.6) is 0 Å². The summed E-state index contributed by atoms with van der Waals surface area (Å²) in [6, 6.07) is 19.7. The Bertz CT molecular complexity index is 1210. The van der Waals surface area contributed by atoms with E-state index in [0.717, 1.165) is 28.3 Å². The van der Waals surface area contributed by atoms with Crippen molar-refractivity contribution in [2.24, 2.45) is 5.10 Å². The first-order valence-corrected chi connectivity index (χ1v) is 10.2. The summed E-state index contributed by atoms with van der Waals surface area (Å²) in [5, 5.41) is 12.0. The highest BCUT2D eigenvalue weighted by atomic mass is 15.4. The van der Waals surface area contributed by atoms with Crippen molar-refractivity contribution < 1.29 is 0 Å². The summed E-state index contributed by atoms with van der Waals surface area (Å²) in [5.41, 5.74) is 7.67. The smallest absolute Gasteiger partial charge is 0.257 e. The SMILES string of the molecule is Cc1cc(C)n(-c2nc(N/N=C/c3ccc(N(C)C)cc3)nc(Nc3ccccc3)n2)n1. The Labute approximate surface area is 186 Å². The quantitative estimate of drug-likeness (QED) is 0.341. The molecule has 0 spiro atoms. The molecule has 2 N–H and O–H groups in total. The van der Waals surface area contributed by atoms with Gasteiger partial charge in [-0.05, 0) is 49.7 Å². The van der Waals surface area contributed by atoms with Crippen molar-refractivity contribution in [1.82, 2.24) is 24.7 Å². The lowest BCUT2D eigenvalue weighted by Gasteiger charge is -2.11. The highest BCUT2D eigenvalue weighted by Gasteiger charge is 2.12. The summed E-state index contributed by atoms with van der Waals surface area (Å²) in [6.07, 6.45) is 1.72. The minimum Gasteiger partial charge on any atom is -0.378 e. The van der Waals surface area contributed by atoms with Gasteiger partial charge in [-0.25, -0.2) is 10.1 Å². The molecule has 162 valence electrons. The first kappa shape index (κ1) is 21.0. The predicted molar refractivity (Wildman–Crippen MR) is 128 cm³/mol. The zero-order valence-corrected chi connectivity index (χ0v) is 18.5. The minimum absolute atomic E-state index is 0.308. The number of benzene rings is 2. The van der Waals surface area contributed by atoms with Crippen LogP contribution in [0.25, 0.3) is 5.95 Å². The molecular formula is C23H25N9. The summed E-state index contributed by atoms with van der Waals surface area (Å²) < 4.78 is 1.68. The van der Waals surface area contributed by atoms with Crippen molar-refractivity contribution in [1.29, 1.82) is 0 Å². The molecule has 9 nitrogen and oxygen atoms in total. The van der Waals surface area contributed by atoms with Crippen LogP contribution in [0.2, 0.25) is 0 Å². The number of nitrogens with zero attached hydrogens (tertiary/aromatic N) is 7. The Morgan fingerprint density at radius 1 is 0.906 bits per heavy atom. The van der Waals surface area contributed by atoms with E-state index in [1.807, 2.05) is 93.5 Å². The Morgan fingerprint density at radius 2 is 1.62 bits per heavy atom. The van der Waals surface area contributed by atoms with Gasteiger partial charge in [-0.15, -0.1) is 0 Å². The van der Waals surface area contributed by atoms with Gasteiger partial charge in [-0.1, -0.05) is 30.3 Å². The normalized spacial score (nSPS) is 11.0. The third-order valence-electron chi connectivity index (χ3n) is 4.64. The number of para-hydroxylation sites is 1. The second-order valence-corrected chi connectivity index (χ2v) is 7.47. The second kappa shape index (κ2) is 9.25. The van der Waals surface area contributed by atoms with E-state index >= 15 is 0 Å². The van der Waals surface area contributed by atoms with Crippen LogP contribution in [0.4, 0.5) is 23.3 Å². The lowest BCUT2D eigenvalue weighted by Crippen LogP contribution is -2.11. The van der Waals surface area contributed by atoms with Crippen molar-refractivity contribution in [2.75, 3.05) is 29.7 Å². The van der Waals surface area contributed by atoms with Gasteiger partial charge in [0.15, 0.2) is 0 Å². The highest BCUT2D eigenvalue weighted by Crippen LogP contribution is 2.17. The topological polar surface area (TPSA) is 96.2 Å². The van der Waals surface area contributed by atoms with E-state index in [4.69, 9.17) is 0 Å². The highest BCUT2D eigenvalue weighted by molar-refractivity contribution is 5.80. The molecule has 0 aliphatic carbocycles. The molecule has 2 heterocycles. The third kappa shape index (κ3) is 5.07. The summed E-state index contributed by atoms with van der Waals surface area (Å²) in [5.74, 6) is 1.10. The van der Waals surface area contributed by atoms with Crippen molar-refractivity contribution >= 4 is 29.5 Å². The first-order valence-electron chi connectivity index (χ1n) is 10.2. The molecule has 2 aromatic heterocycles. The Hall–Kier alpha value is -4.27. The van der Waals surface area contributed by atoms with Crippen molar-refractivity contribution in [3.63, 3.8) is 0 Å². The molecule has 2 aromatic carbocycles. The molecule has 4 aromatic rings. The molecule has 0 amide bonds. The Balaban J connectivity index is 1.60. The molecule has 0 atom stereocenters. The number of hydrogen-bond acceptors (Lipinski definition) is 8. The van der Waals surface area contributed by atoms with E-state index in [1.165, 1.54) is 0 Å². The molecule has 9 heteroatoms. The number of nitrogens with one attached hydrogen (secondary N) is 2. The largest absolute Gasteiger partial charge is 0.378 e. The number of aryl methyl sites for hydroxylation is 2. The maximum atomic E-state index is 4.54. The van der Waals surface area contributed by atoms with Crippen LogP contribution >= 0.6 is 0 Å². The lowest BCUT2D eigenvalue weighted by molar-refractivity contribution is 0.767. The number of anilines is 4. The van der Waals surface area contributed by atoms with Gasteiger partial charge >= 0.3 is 0 Å². The van der Waals surface area contributed by atoms with E-state index in [-0.39, 0.29) is 0 Å². The summed E-state index contributed by atoms with van der Waals surface area (Å²) in [6.45, 7) is 3.88. The molecule has 0 radical (unpaired) electrons. The molecule has 0 aliphatic heterocycles. The molecule has 0 saturated carbocycles. The van der Waals surface area contributed by atoms with E-state index < -0.39 is 0 Å². The van der Waals surface area contributed by atoms with E-state index in [1.54, 1.807) is 10.9 Å². The van der Waals surface area contributed by atoms with Crippen LogP contribution in [0.15, 0.2) is 65.8 Å². The van der Waals surface area contributed by atoms with Crippen molar-refractivity contribution in [3.05, 3.63) is 77.6 Å². The average Bonchev–Trinajstić information content (AvgIpc) is 3.12. The number of rotatable bonds is 7. The van der Waals surface area contributed by atoms with Gasteiger partial charge in [-0.2, -0.15) is 25.2 Å². The maximum Gasteiger partial charge on any atom is 0.257 e. The molecular weight excluding hydrogens is 402 g/mol. The summed E-state index contributed by atoms with van der Waals surface area (Å²) in [4.78, 5) is 15.5. The van der Waals surface area contributed by atoms with Gasteiger partial charge in [0.2, 0.25) is 11.9 Å². The standard InChI is InChI=1S/C23H25N9/c1-16-14-17(2)32(30-16)23-27-21(25-19-8-6-5-7-9-19)26-22(28-23)29-24-15-18-10-12-20(13-11-18)31(3)4/h5-15H,1-4H3,(H2,25,26,27,28,29)/b24-15+. The number of hydrazone groups is 1. The monoisotopic (exact) mass is 427 g/mol. The van der Waals surface area contributed by atoms with Gasteiger partial charge in [-0.3, -0.25) is 0 Å². The van der Waals surface area contributed by atoms with Crippen LogP contribution in [0.3, 0.4) is 0 Å². The molecule has 0 saturated heterocycles. The van der Waals surface area contributed by atoms with Gasteiger partial charge in [0, 0.05) is 31.2 Å². The molecule has 0 unspecified atom stereocenters. The maximum absolute atomic E-state index is 4.54. The molecule has 0 bridgehead atoms. The van der Waals surface area contributed by atoms with Crippen molar-refractivity contribution in [3.8, 4) is 5.95 Å².